The number of piperidine rings is 3. The van der Waals surface area contributed by atoms with E-state index in [-0.39, 0.29) is 29.7 Å². The van der Waals surface area contributed by atoms with Crippen molar-refractivity contribution >= 4 is 29.3 Å². The predicted molar refractivity (Wildman–Crippen MR) is 109 cm³/mol. The normalized spacial score (nSPS) is 29.2. The third kappa shape index (κ3) is 3.13. The Bertz CT molecular complexity index is 996. The second-order valence-electron chi connectivity index (χ2n) is 8.95. The summed E-state index contributed by atoms with van der Waals surface area (Å²) in [5.74, 6) is -2.52. The molecule has 0 radical (unpaired) electrons. The van der Waals surface area contributed by atoms with Gasteiger partial charge < -0.3 is 9.80 Å². The number of hydrogen-bond donors (Lipinski definition) is 1. The van der Waals surface area contributed by atoms with Crippen LogP contribution in [0.2, 0.25) is 0 Å². The van der Waals surface area contributed by atoms with Gasteiger partial charge in [0.05, 0.1) is 16.8 Å². The molecule has 0 aliphatic carbocycles. The van der Waals surface area contributed by atoms with Gasteiger partial charge >= 0.3 is 0 Å². The molecule has 31 heavy (non-hydrogen) atoms. The van der Waals surface area contributed by atoms with E-state index >= 15 is 4.39 Å². The minimum atomic E-state index is -1.06. The first kappa shape index (κ1) is 20.1. The number of halogens is 1. The summed E-state index contributed by atoms with van der Waals surface area (Å²) in [4.78, 5) is 55.3. The molecule has 1 N–H and O–H groups in total. The Morgan fingerprint density at radius 2 is 1.84 bits per heavy atom. The molecule has 3 fully saturated rings. The quantitative estimate of drug-likeness (QED) is 0.711. The van der Waals surface area contributed by atoms with Crippen LogP contribution in [-0.2, 0) is 9.59 Å². The number of fused-ring (bicyclic) bond motifs is 2. The minimum Gasteiger partial charge on any atom is -0.368 e. The van der Waals surface area contributed by atoms with Crippen molar-refractivity contribution < 1.29 is 23.6 Å². The predicted octanol–water partition coefficient (Wildman–Crippen LogP) is 1.15. The minimum absolute atomic E-state index is 0.0392. The third-order valence-corrected chi connectivity index (χ3v) is 7.19. The van der Waals surface area contributed by atoms with Gasteiger partial charge in [0, 0.05) is 25.6 Å². The highest BCUT2D eigenvalue weighted by molar-refractivity contribution is 6.25. The van der Waals surface area contributed by atoms with Crippen molar-refractivity contribution in [2.75, 3.05) is 31.6 Å². The molecule has 5 rings (SSSR count). The van der Waals surface area contributed by atoms with Crippen molar-refractivity contribution in [2.45, 2.75) is 44.2 Å². The molecule has 9 heteroatoms. The van der Waals surface area contributed by atoms with Gasteiger partial charge in [-0.2, -0.15) is 0 Å². The molecule has 3 saturated heterocycles. The highest BCUT2D eigenvalue weighted by Crippen LogP contribution is 2.39. The van der Waals surface area contributed by atoms with Crippen LogP contribution in [0.1, 0.15) is 52.8 Å². The van der Waals surface area contributed by atoms with E-state index in [0.717, 1.165) is 30.7 Å². The van der Waals surface area contributed by atoms with Crippen molar-refractivity contribution in [1.29, 1.82) is 0 Å². The molecule has 0 bridgehead atoms. The zero-order valence-corrected chi connectivity index (χ0v) is 17.4. The zero-order valence-electron chi connectivity index (χ0n) is 17.4. The standard InChI is InChI=1S/C22H25FN4O4/c1-25-9-2-3-12-11-26(10-8-15(12)25)19-14(23)5-4-13-18(19)22(31)27(21(13)30)16-6-7-17(28)24-20(16)29/h4-5,12,15-16H,2-3,6-11H2,1H3,(H,24,28,29). The summed E-state index contributed by atoms with van der Waals surface area (Å²) in [5.41, 5.74) is 0.323. The van der Waals surface area contributed by atoms with Crippen molar-refractivity contribution in [3.63, 3.8) is 0 Å². The zero-order chi connectivity index (χ0) is 21.9. The lowest BCUT2D eigenvalue weighted by Crippen LogP contribution is -2.54. The average Bonchev–Trinajstić information content (AvgIpc) is 2.98. The highest BCUT2D eigenvalue weighted by Gasteiger charge is 2.47. The SMILES string of the molecule is CN1CCCC2CN(c3c(F)ccc4c3C(=O)N(C3CCC(=O)NC3=O)C4=O)CCC21. The Morgan fingerprint density at radius 3 is 2.61 bits per heavy atom. The molecule has 3 atom stereocenters. The molecule has 8 nitrogen and oxygen atoms in total. The molecule has 1 aromatic rings. The third-order valence-electron chi connectivity index (χ3n) is 7.19. The van der Waals surface area contributed by atoms with Crippen LogP contribution in [0.25, 0.3) is 0 Å². The van der Waals surface area contributed by atoms with E-state index < -0.39 is 35.5 Å². The Kier molecular flexibility index (Phi) is 4.80. The smallest absolute Gasteiger partial charge is 0.264 e. The topological polar surface area (TPSA) is 90.0 Å². The summed E-state index contributed by atoms with van der Waals surface area (Å²) in [5, 5.41) is 2.19. The molecule has 164 valence electrons. The maximum atomic E-state index is 15.1. The van der Waals surface area contributed by atoms with Gasteiger partial charge in [0.25, 0.3) is 11.8 Å². The number of amides is 4. The van der Waals surface area contributed by atoms with Crippen molar-refractivity contribution in [3.8, 4) is 0 Å². The molecule has 4 heterocycles. The van der Waals surface area contributed by atoms with Crippen molar-refractivity contribution in [2.24, 2.45) is 5.92 Å². The van der Waals surface area contributed by atoms with E-state index in [1.807, 2.05) is 4.90 Å². The van der Waals surface area contributed by atoms with Gasteiger partial charge in [0.1, 0.15) is 11.9 Å². The first-order valence-corrected chi connectivity index (χ1v) is 10.9. The molecule has 1 aromatic carbocycles. The monoisotopic (exact) mass is 428 g/mol. The number of carbonyl (C=O) groups excluding carboxylic acids is 4. The van der Waals surface area contributed by atoms with Crippen LogP contribution in [0.15, 0.2) is 12.1 Å². The molecule has 0 aromatic heterocycles. The number of carbonyl (C=O) groups is 4. The molecule has 4 aliphatic heterocycles. The van der Waals surface area contributed by atoms with E-state index in [2.05, 4.69) is 17.3 Å². The van der Waals surface area contributed by atoms with Crippen molar-refractivity contribution in [3.05, 3.63) is 29.1 Å². The fourth-order valence-corrected chi connectivity index (χ4v) is 5.68. The first-order chi connectivity index (χ1) is 14.9. The fourth-order valence-electron chi connectivity index (χ4n) is 5.68. The van der Waals surface area contributed by atoms with Crippen LogP contribution in [0.3, 0.4) is 0 Å². The highest BCUT2D eigenvalue weighted by atomic mass is 19.1. The lowest BCUT2D eigenvalue weighted by Gasteiger charge is -2.46. The molecular formula is C22H25FN4O4. The van der Waals surface area contributed by atoms with Gasteiger partial charge in [0.15, 0.2) is 0 Å². The van der Waals surface area contributed by atoms with E-state index in [4.69, 9.17) is 0 Å². The number of nitrogens with one attached hydrogen (secondary N) is 1. The number of rotatable bonds is 2. The number of anilines is 1. The van der Waals surface area contributed by atoms with Gasteiger partial charge in [-0.1, -0.05) is 0 Å². The summed E-state index contributed by atoms with van der Waals surface area (Å²) in [7, 11) is 2.12. The van der Waals surface area contributed by atoms with E-state index in [1.165, 1.54) is 12.1 Å². The van der Waals surface area contributed by atoms with Crippen LogP contribution in [-0.4, -0.2) is 72.2 Å². The Balaban J connectivity index is 1.48. The van der Waals surface area contributed by atoms with Crippen LogP contribution in [0.4, 0.5) is 10.1 Å². The van der Waals surface area contributed by atoms with Crippen LogP contribution < -0.4 is 10.2 Å². The van der Waals surface area contributed by atoms with Crippen LogP contribution in [0, 0.1) is 11.7 Å². The van der Waals surface area contributed by atoms with Gasteiger partial charge in [-0.05, 0) is 57.3 Å². The number of imide groups is 2. The lowest BCUT2D eigenvalue weighted by molar-refractivity contribution is -0.136. The lowest BCUT2D eigenvalue weighted by atomic mass is 9.83. The molecule has 3 unspecified atom stereocenters. The van der Waals surface area contributed by atoms with Gasteiger partial charge in [-0.15, -0.1) is 0 Å². The second-order valence-corrected chi connectivity index (χ2v) is 8.95. The second kappa shape index (κ2) is 7.40. The van der Waals surface area contributed by atoms with Crippen LogP contribution >= 0.6 is 0 Å². The summed E-state index contributed by atoms with van der Waals surface area (Å²) >= 11 is 0. The molecule has 0 saturated carbocycles. The van der Waals surface area contributed by atoms with Gasteiger partial charge in [0.2, 0.25) is 11.8 Å². The van der Waals surface area contributed by atoms with Crippen molar-refractivity contribution in [1.82, 2.24) is 15.1 Å². The molecule has 4 amide bonds. The maximum Gasteiger partial charge on any atom is 0.264 e. The summed E-state index contributed by atoms with van der Waals surface area (Å²) in [6.45, 7) is 2.28. The Labute approximate surface area is 179 Å². The van der Waals surface area contributed by atoms with E-state index in [9.17, 15) is 19.2 Å². The number of likely N-dealkylation sites (tertiary alicyclic amines) is 1. The largest absolute Gasteiger partial charge is 0.368 e. The summed E-state index contributed by atoms with van der Waals surface area (Å²) in [6, 6.07) is 1.94. The Hall–Kier alpha value is -2.81. The fraction of sp³-hybridized carbons (Fsp3) is 0.545. The molecule has 0 spiro atoms. The Morgan fingerprint density at radius 1 is 1.03 bits per heavy atom. The number of benzene rings is 1. The van der Waals surface area contributed by atoms with Gasteiger partial charge in [-0.25, -0.2) is 4.39 Å². The summed E-state index contributed by atoms with van der Waals surface area (Å²) < 4.78 is 15.1. The number of nitrogens with zero attached hydrogens (tertiary/aromatic N) is 3. The number of hydrogen-bond acceptors (Lipinski definition) is 6. The first-order valence-electron chi connectivity index (χ1n) is 10.9. The van der Waals surface area contributed by atoms with E-state index in [1.54, 1.807) is 0 Å². The molecule has 4 aliphatic rings. The maximum absolute atomic E-state index is 15.1. The average molecular weight is 428 g/mol. The van der Waals surface area contributed by atoms with Crippen LogP contribution in [0.5, 0.6) is 0 Å². The molecular weight excluding hydrogens is 403 g/mol. The summed E-state index contributed by atoms with van der Waals surface area (Å²) in [6.07, 6.45) is 3.13. The van der Waals surface area contributed by atoms with Gasteiger partial charge in [-0.3, -0.25) is 29.4 Å². The van der Waals surface area contributed by atoms with E-state index in [0.29, 0.717) is 25.0 Å².